The van der Waals surface area contributed by atoms with E-state index in [1.165, 1.54) is 6.07 Å². The van der Waals surface area contributed by atoms with Gasteiger partial charge in [0.1, 0.15) is 5.82 Å². The van der Waals surface area contributed by atoms with Gasteiger partial charge in [-0.2, -0.15) is 0 Å². The second kappa shape index (κ2) is 7.61. The number of halogens is 1. The predicted octanol–water partition coefficient (Wildman–Crippen LogP) is 3.40. The molecule has 0 heterocycles. The zero-order chi connectivity index (χ0) is 14.4. The van der Waals surface area contributed by atoms with Crippen molar-refractivity contribution in [3.63, 3.8) is 0 Å². The monoisotopic (exact) mass is 266 g/mol. The SMILES string of the molecule is CC(C)CN(Cc1ccc(F)c(CN)c1)CC(C)C. The van der Waals surface area contributed by atoms with E-state index in [1.807, 2.05) is 12.1 Å². The lowest BCUT2D eigenvalue weighted by atomic mass is 10.1. The van der Waals surface area contributed by atoms with Crippen molar-refractivity contribution >= 4 is 0 Å². The average Bonchev–Trinajstić information content (AvgIpc) is 2.29. The number of nitrogens with zero attached hydrogens (tertiary/aromatic N) is 1. The molecule has 19 heavy (non-hydrogen) atoms. The average molecular weight is 266 g/mol. The quantitative estimate of drug-likeness (QED) is 0.819. The molecule has 2 nitrogen and oxygen atoms in total. The van der Waals surface area contributed by atoms with Crippen LogP contribution in [0.5, 0.6) is 0 Å². The summed E-state index contributed by atoms with van der Waals surface area (Å²) in [6, 6.07) is 5.28. The van der Waals surface area contributed by atoms with Gasteiger partial charge < -0.3 is 5.73 Å². The molecular weight excluding hydrogens is 239 g/mol. The minimum atomic E-state index is -0.203. The molecule has 2 N–H and O–H groups in total. The highest BCUT2D eigenvalue weighted by Gasteiger charge is 2.11. The van der Waals surface area contributed by atoms with Crippen LogP contribution >= 0.6 is 0 Å². The van der Waals surface area contributed by atoms with Crippen molar-refractivity contribution in [3.05, 3.63) is 35.1 Å². The lowest BCUT2D eigenvalue weighted by Gasteiger charge is -2.26. The Morgan fingerprint density at radius 2 is 1.68 bits per heavy atom. The largest absolute Gasteiger partial charge is 0.326 e. The molecule has 0 radical (unpaired) electrons. The minimum absolute atomic E-state index is 0.203. The number of benzene rings is 1. The van der Waals surface area contributed by atoms with E-state index in [-0.39, 0.29) is 12.4 Å². The number of rotatable bonds is 7. The molecule has 108 valence electrons. The van der Waals surface area contributed by atoms with Crippen molar-refractivity contribution in [1.29, 1.82) is 0 Å². The summed E-state index contributed by atoms with van der Waals surface area (Å²) in [5, 5.41) is 0. The van der Waals surface area contributed by atoms with Gasteiger partial charge in [-0.1, -0.05) is 39.8 Å². The molecule has 0 spiro atoms. The Labute approximate surface area is 116 Å². The molecule has 1 rings (SSSR count). The van der Waals surface area contributed by atoms with Gasteiger partial charge in [-0.05, 0) is 23.5 Å². The summed E-state index contributed by atoms with van der Waals surface area (Å²) < 4.78 is 13.4. The second-order valence-electron chi connectivity index (χ2n) is 6.11. The van der Waals surface area contributed by atoms with Crippen LogP contribution in [0.15, 0.2) is 18.2 Å². The predicted molar refractivity (Wildman–Crippen MR) is 79.2 cm³/mol. The van der Waals surface area contributed by atoms with Crippen LogP contribution in [-0.2, 0) is 13.1 Å². The Morgan fingerprint density at radius 1 is 1.11 bits per heavy atom. The summed E-state index contributed by atoms with van der Waals surface area (Å²) in [7, 11) is 0. The summed E-state index contributed by atoms with van der Waals surface area (Å²) in [5.74, 6) is 1.06. The highest BCUT2D eigenvalue weighted by atomic mass is 19.1. The topological polar surface area (TPSA) is 29.3 Å². The van der Waals surface area contributed by atoms with Crippen LogP contribution in [0.1, 0.15) is 38.8 Å². The van der Waals surface area contributed by atoms with Crippen LogP contribution in [0.2, 0.25) is 0 Å². The molecule has 0 saturated heterocycles. The van der Waals surface area contributed by atoms with Gasteiger partial charge in [-0.15, -0.1) is 0 Å². The van der Waals surface area contributed by atoms with Crippen LogP contribution < -0.4 is 5.73 Å². The van der Waals surface area contributed by atoms with Gasteiger partial charge in [0, 0.05) is 31.7 Å². The molecule has 0 aliphatic rings. The summed E-state index contributed by atoms with van der Waals surface area (Å²) in [6.45, 7) is 12.2. The first-order chi connectivity index (χ1) is 8.92. The molecule has 0 bridgehead atoms. The summed E-state index contributed by atoms with van der Waals surface area (Å²) in [5.41, 5.74) is 7.30. The fraction of sp³-hybridized carbons (Fsp3) is 0.625. The van der Waals surface area contributed by atoms with Crippen molar-refractivity contribution in [2.45, 2.75) is 40.8 Å². The Kier molecular flexibility index (Phi) is 6.46. The molecule has 0 aromatic heterocycles. The van der Waals surface area contributed by atoms with E-state index in [9.17, 15) is 4.39 Å². The maximum Gasteiger partial charge on any atom is 0.127 e. The van der Waals surface area contributed by atoms with E-state index in [1.54, 1.807) is 0 Å². The molecule has 3 heteroatoms. The van der Waals surface area contributed by atoms with Gasteiger partial charge in [0.15, 0.2) is 0 Å². The van der Waals surface area contributed by atoms with Crippen LogP contribution in [-0.4, -0.2) is 18.0 Å². The van der Waals surface area contributed by atoms with Crippen LogP contribution in [0.3, 0.4) is 0 Å². The van der Waals surface area contributed by atoms with Crippen LogP contribution in [0, 0.1) is 17.7 Å². The lowest BCUT2D eigenvalue weighted by Crippen LogP contribution is -2.31. The minimum Gasteiger partial charge on any atom is -0.326 e. The standard InChI is InChI=1S/C16H27FN2/c1-12(2)9-19(10-13(3)4)11-14-5-6-16(17)15(7-14)8-18/h5-7,12-13H,8-11,18H2,1-4H3. The summed E-state index contributed by atoms with van der Waals surface area (Å²) in [4.78, 5) is 2.43. The second-order valence-corrected chi connectivity index (χ2v) is 6.11. The van der Waals surface area contributed by atoms with Gasteiger partial charge in [-0.25, -0.2) is 4.39 Å². The van der Waals surface area contributed by atoms with Gasteiger partial charge in [0.25, 0.3) is 0 Å². The first-order valence-electron chi connectivity index (χ1n) is 7.12. The smallest absolute Gasteiger partial charge is 0.127 e. The molecule has 1 aromatic carbocycles. The van der Waals surface area contributed by atoms with E-state index in [2.05, 4.69) is 32.6 Å². The number of hydrogen-bond acceptors (Lipinski definition) is 2. The Bertz CT molecular complexity index is 378. The van der Waals surface area contributed by atoms with Crippen LogP contribution in [0.25, 0.3) is 0 Å². The van der Waals surface area contributed by atoms with Crippen molar-refractivity contribution in [3.8, 4) is 0 Å². The van der Waals surface area contributed by atoms with E-state index >= 15 is 0 Å². The molecule has 0 saturated carbocycles. The Hall–Kier alpha value is -0.930. The van der Waals surface area contributed by atoms with E-state index in [4.69, 9.17) is 5.73 Å². The number of hydrogen-bond donors (Lipinski definition) is 1. The van der Waals surface area contributed by atoms with Crippen molar-refractivity contribution < 1.29 is 4.39 Å². The fourth-order valence-corrected chi connectivity index (χ4v) is 2.38. The van der Waals surface area contributed by atoms with Gasteiger partial charge in [0.05, 0.1) is 0 Å². The summed E-state index contributed by atoms with van der Waals surface area (Å²) >= 11 is 0. The third-order valence-electron chi connectivity index (χ3n) is 2.98. The Balaban J connectivity index is 2.77. The number of nitrogens with two attached hydrogens (primary N) is 1. The summed E-state index contributed by atoms with van der Waals surface area (Å²) in [6.07, 6.45) is 0. The molecule has 0 fully saturated rings. The zero-order valence-electron chi connectivity index (χ0n) is 12.6. The van der Waals surface area contributed by atoms with Crippen molar-refractivity contribution in [2.24, 2.45) is 17.6 Å². The molecule has 0 unspecified atom stereocenters. The third-order valence-corrected chi connectivity index (χ3v) is 2.98. The molecular formula is C16H27FN2. The van der Waals surface area contributed by atoms with Gasteiger partial charge in [0.2, 0.25) is 0 Å². The molecule has 1 aromatic rings. The van der Waals surface area contributed by atoms with Crippen molar-refractivity contribution in [2.75, 3.05) is 13.1 Å². The maximum absolute atomic E-state index is 13.4. The third kappa shape index (κ3) is 5.70. The highest BCUT2D eigenvalue weighted by molar-refractivity contribution is 5.25. The van der Waals surface area contributed by atoms with Crippen LogP contribution in [0.4, 0.5) is 4.39 Å². The first-order valence-corrected chi connectivity index (χ1v) is 7.12. The maximum atomic E-state index is 13.4. The first kappa shape index (κ1) is 16.1. The molecule has 0 atom stereocenters. The lowest BCUT2D eigenvalue weighted by molar-refractivity contribution is 0.211. The van der Waals surface area contributed by atoms with Crippen molar-refractivity contribution in [1.82, 2.24) is 4.90 Å². The highest BCUT2D eigenvalue weighted by Crippen LogP contribution is 2.14. The fourth-order valence-electron chi connectivity index (χ4n) is 2.38. The molecule has 0 aliphatic carbocycles. The van der Waals surface area contributed by atoms with E-state index in [0.717, 1.165) is 25.2 Å². The molecule has 0 amide bonds. The Morgan fingerprint density at radius 3 is 2.16 bits per heavy atom. The zero-order valence-corrected chi connectivity index (χ0v) is 12.6. The van der Waals surface area contributed by atoms with Gasteiger partial charge in [-0.3, -0.25) is 4.90 Å². The van der Waals surface area contributed by atoms with E-state index in [0.29, 0.717) is 17.4 Å². The normalized spacial score (nSPS) is 11.8. The molecule has 0 aliphatic heterocycles. The van der Waals surface area contributed by atoms with Gasteiger partial charge >= 0.3 is 0 Å². The van der Waals surface area contributed by atoms with E-state index < -0.39 is 0 Å².